The third-order valence-electron chi connectivity index (χ3n) is 2.87. The Morgan fingerprint density at radius 2 is 2.04 bits per heavy atom. The van der Waals surface area contributed by atoms with Gasteiger partial charge >= 0.3 is 6.03 Å². The molecule has 0 unspecified atom stereocenters. The molecule has 0 aliphatic rings. The summed E-state index contributed by atoms with van der Waals surface area (Å²) in [6.45, 7) is 5.61. The molecule has 0 saturated heterocycles. The molecule has 0 spiro atoms. The summed E-state index contributed by atoms with van der Waals surface area (Å²) in [5.41, 5.74) is 6.79. The van der Waals surface area contributed by atoms with Crippen molar-refractivity contribution in [3.63, 3.8) is 0 Å². The van der Waals surface area contributed by atoms with Crippen molar-refractivity contribution in [3.05, 3.63) is 35.7 Å². The first-order valence-corrected chi connectivity index (χ1v) is 7.05. The van der Waals surface area contributed by atoms with Gasteiger partial charge < -0.3 is 10.6 Å². The molecule has 0 atom stereocenters. The van der Waals surface area contributed by atoms with Gasteiger partial charge in [0.05, 0.1) is 0 Å². The van der Waals surface area contributed by atoms with E-state index in [9.17, 15) is 9.59 Å². The van der Waals surface area contributed by atoms with Crippen molar-refractivity contribution in [2.45, 2.75) is 26.8 Å². The summed E-state index contributed by atoms with van der Waals surface area (Å²) in [6, 6.07) is 4.65. The van der Waals surface area contributed by atoms with E-state index in [-0.39, 0.29) is 11.9 Å². The van der Waals surface area contributed by atoms with Gasteiger partial charge in [0.2, 0.25) is 5.95 Å². The van der Waals surface area contributed by atoms with E-state index in [4.69, 9.17) is 0 Å². The van der Waals surface area contributed by atoms with Crippen LogP contribution in [0.25, 0.3) is 0 Å². The average molecular weight is 317 g/mol. The Morgan fingerprint density at radius 1 is 1.26 bits per heavy atom. The fourth-order valence-electron chi connectivity index (χ4n) is 1.83. The molecule has 1 aromatic heterocycles. The molecule has 2 rings (SSSR count). The fraction of sp³-hybridized carbons (Fsp3) is 0.286. The van der Waals surface area contributed by atoms with E-state index in [2.05, 4.69) is 36.7 Å². The zero-order valence-corrected chi connectivity index (χ0v) is 13.1. The number of urea groups is 1. The van der Waals surface area contributed by atoms with Crippen LogP contribution in [0.15, 0.2) is 24.5 Å². The first kappa shape index (κ1) is 16.3. The lowest BCUT2D eigenvalue weighted by Crippen LogP contribution is -2.34. The summed E-state index contributed by atoms with van der Waals surface area (Å²) in [5, 5.41) is 11.6. The van der Waals surface area contributed by atoms with Crippen LogP contribution in [0.3, 0.4) is 0 Å². The zero-order valence-electron chi connectivity index (χ0n) is 13.1. The number of nitrogens with one attached hydrogen (secondary N) is 5. The van der Waals surface area contributed by atoms with Crippen LogP contribution in [0, 0.1) is 6.92 Å². The highest BCUT2D eigenvalue weighted by Crippen LogP contribution is 2.15. The summed E-state index contributed by atoms with van der Waals surface area (Å²) in [6.07, 6.45) is 1.31. The third kappa shape index (κ3) is 4.70. The van der Waals surface area contributed by atoms with E-state index in [1.807, 2.05) is 20.8 Å². The van der Waals surface area contributed by atoms with Crippen molar-refractivity contribution in [1.29, 1.82) is 0 Å². The Morgan fingerprint density at radius 3 is 2.70 bits per heavy atom. The van der Waals surface area contributed by atoms with Crippen LogP contribution in [-0.2, 0) is 0 Å². The SMILES string of the molecule is Cc1ccc(NC(=O)NNc2ncn[nH]2)cc1C(=O)NC(C)C. The van der Waals surface area contributed by atoms with Gasteiger partial charge in [-0.3, -0.25) is 10.2 Å². The molecule has 3 amide bonds. The third-order valence-corrected chi connectivity index (χ3v) is 2.87. The second-order valence-electron chi connectivity index (χ2n) is 5.20. The Kier molecular flexibility index (Phi) is 5.13. The molecule has 0 fully saturated rings. The van der Waals surface area contributed by atoms with Gasteiger partial charge in [-0.2, -0.15) is 10.1 Å². The van der Waals surface area contributed by atoms with Gasteiger partial charge in [-0.1, -0.05) is 6.07 Å². The fourth-order valence-corrected chi connectivity index (χ4v) is 1.83. The maximum absolute atomic E-state index is 12.1. The van der Waals surface area contributed by atoms with Crippen molar-refractivity contribution in [3.8, 4) is 0 Å². The number of hydrogen-bond acceptors (Lipinski definition) is 5. The second-order valence-corrected chi connectivity index (χ2v) is 5.20. The number of nitrogens with zero attached hydrogens (tertiary/aromatic N) is 2. The molecule has 0 radical (unpaired) electrons. The largest absolute Gasteiger partial charge is 0.350 e. The van der Waals surface area contributed by atoms with Crippen LogP contribution >= 0.6 is 0 Å². The number of hydrogen-bond donors (Lipinski definition) is 5. The molecule has 2 aromatic rings. The molecule has 9 nitrogen and oxygen atoms in total. The normalized spacial score (nSPS) is 10.3. The van der Waals surface area contributed by atoms with Crippen molar-refractivity contribution in [1.82, 2.24) is 25.9 Å². The molecule has 0 aliphatic heterocycles. The molecule has 1 heterocycles. The Labute approximate surface area is 133 Å². The van der Waals surface area contributed by atoms with Crippen LogP contribution in [0.4, 0.5) is 16.4 Å². The minimum Gasteiger partial charge on any atom is -0.350 e. The Hall–Kier alpha value is -3.10. The molecule has 122 valence electrons. The molecule has 0 bridgehead atoms. The van der Waals surface area contributed by atoms with Gasteiger partial charge in [0.15, 0.2) is 0 Å². The first-order chi connectivity index (χ1) is 11.0. The summed E-state index contributed by atoms with van der Waals surface area (Å²) in [5.74, 6) is 0.127. The molecular weight excluding hydrogens is 298 g/mol. The van der Waals surface area contributed by atoms with Gasteiger partial charge in [0, 0.05) is 17.3 Å². The average Bonchev–Trinajstić information content (AvgIpc) is 2.99. The molecule has 23 heavy (non-hydrogen) atoms. The van der Waals surface area contributed by atoms with Crippen LogP contribution < -0.4 is 21.5 Å². The number of benzene rings is 1. The standard InChI is InChI=1S/C14H19N7O2/c1-8(2)17-12(22)11-6-10(5-4-9(11)3)18-14(23)21-20-13-15-7-16-19-13/h4-8H,1-3H3,(H,17,22)(H2,18,21,23)(H2,15,16,19,20). The van der Waals surface area contributed by atoms with Crippen LogP contribution in [0.2, 0.25) is 0 Å². The number of aromatic amines is 1. The number of carbonyl (C=O) groups excluding carboxylic acids is 2. The van der Waals surface area contributed by atoms with E-state index in [0.29, 0.717) is 17.2 Å². The Bertz CT molecular complexity index is 682. The summed E-state index contributed by atoms with van der Waals surface area (Å²) < 4.78 is 0. The molecular formula is C14H19N7O2. The maximum Gasteiger partial charge on any atom is 0.337 e. The molecule has 5 N–H and O–H groups in total. The van der Waals surface area contributed by atoms with Crippen LogP contribution in [0.1, 0.15) is 29.8 Å². The lowest BCUT2D eigenvalue weighted by molar-refractivity contribution is 0.0942. The number of H-pyrrole nitrogens is 1. The first-order valence-electron chi connectivity index (χ1n) is 7.05. The number of carbonyl (C=O) groups is 2. The van der Waals surface area contributed by atoms with Crippen molar-refractivity contribution in [2.24, 2.45) is 0 Å². The zero-order chi connectivity index (χ0) is 16.8. The molecule has 1 aromatic carbocycles. The highest BCUT2D eigenvalue weighted by atomic mass is 16.2. The van der Waals surface area contributed by atoms with Crippen molar-refractivity contribution < 1.29 is 9.59 Å². The van der Waals surface area contributed by atoms with Crippen LogP contribution in [0.5, 0.6) is 0 Å². The van der Waals surface area contributed by atoms with Gasteiger partial charge in [-0.15, -0.1) is 0 Å². The van der Waals surface area contributed by atoms with E-state index < -0.39 is 6.03 Å². The number of hydrazine groups is 1. The second kappa shape index (κ2) is 7.25. The predicted molar refractivity (Wildman–Crippen MR) is 85.9 cm³/mol. The number of amides is 3. The monoisotopic (exact) mass is 317 g/mol. The summed E-state index contributed by atoms with van der Waals surface area (Å²) in [4.78, 5) is 27.7. The quantitative estimate of drug-likeness (QED) is 0.533. The molecule has 0 aliphatic carbocycles. The lowest BCUT2D eigenvalue weighted by Gasteiger charge is -2.13. The van der Waals surface area contributed by atoms with E-state index in [1.165, 1.54) is 6.33 Å². The Balaban J connectivity index is 1.99. The highest BCUT2D eigenvalue weighted by Gasteiger charge is 2.12. The number of rotatable bonds is 5. The van der Waals surface area contributed by atoms with Gasteiger partial charge in [-0.25, -0.2) is 15.3 Å². The minimum absolute atomic E-state index is 0.0351. The van der Waals surface area contributed by atoms with Crippen molar-refractivity contribution >= 4 is 23.6 Å². The highest BCUT2D eigenvalue weighted by molar-refractivity contribution is 5.98. The smallest absolute Gasteiger partial charge is 0.337 e. The summed E-state index contributed by atoms with van der Waals surface area (Å²) in [7, 11) is 0. The van der Waals surface area contributed by atoms with Crippen molar-refractivity contribution in [2.75, 3.05) is 10.7 Å². The maximum atomic E-state index is 12.1. The van der Waals surface area contributed by atoms with E-state index >= 15 is 0 Å². The van der Waals surface area contributed by atoms with E-state index in [1.54, 1.807) is 18.2 Å². The number of aromatic nitrogens is 3. The van der Waals surface area contributed by atoms with Crippen LogP contribution in [-0.4, -0.2) is 33.2 Å². The number of anilines is 2. The van der Waals surface area contributed by atoms with Gasteiger partial charge in [0.1, 0.15) is 6.33 Å². The number of aryl methyl sites for hydroxylation is 1. The topological polar surface area (TPSA) is 124 Å². The molecule has 9 heteroatoms. The van der Waals surface area contributed by atoms with Gasteiger partial charge in [0.25, 0.3) is 5.91 Å². The van der Waals surface area contributed by atoms with Gasteiger partial charge in [-0.05, 0) is 38.5 Å². The lowest BCUT2D eigenvalue weighted by atomic mass is 10.1. The molecule has 0 saturated carbocycles. The van der Waals surface area contributed by atoms with E-state index in [0.717, 1.165) is 5.56 Å². The predicted octanol–water partition coefficient (Wildman–Crippen LogP) is 1.40. The summed E-state index contributed by atoms with van der Waals surface area (Å²) >= 11 is 0. The minimum atomic E-state index is -0.500.